The average molecular weight is 315 g/mol. The number of amides is 1. The monoisotopic (exact) mass is 315 g/mol. The molecule has 0 aliphatic heterocycles. The van der Waals surface area contributed by atoms with E-state index in [4.69, 9.17) is 5.73 Å². The van der Waals surface area contributed by atoms with Crippen LogP contribution in [0.5, 0.6) is 0 Å². The first-order valence-corrected chi connectivity index (χ1v) is 7.95. The number of rotatable bonds is 3. The van der Waals surface area contributed by atoms with Crippen LogP contribution >= 0.6 is 23.1 Å². The van der Waals surface area contributed by atoms with Crippen molar-refractivity contribution < 1.29 is 4.79 Å². The van der Waals surface area contributed by atoms with Gasteiger partial charge in [-0.05, 0) is 42.5 Å². The molecular weight excluding hydrogens is 302 g/mol. The van der Waals surface area contributed by atoms with Crippen molar-refractivity contribution in [1.82, 2.24) is 10.3 Å². The lowest BCUT2D eigenvalue weighted by atomic mass is 10.2. The van der Waals surface area contributed by atoms with Crippen LogP contribution in [-0.2, 0) is 0 Å². The molecule has 0 fully saturated rings. The fourth-order valence-corrected chi connectivity index (χ4v) is 3.97. The molecule has 4 nitrogen and oxygen atoms in total. The summed E-state index contributed by atoms with van der Waals surface area (Å²) in [6, 6.07) is 13.2. The van der Waals surface area contributed by atoms with E-state index in [2.05, 4.69) is 10.3 Å². The van der Waals surface area contributed by atoms with E-state index in [9.17, 15) is 4.79 Å². The molecule has 3 N–H and O–H groups in total. The fraction of sp³-hybridized carbons (Fsp3) is 0.0667. The smallest absolute Gasteiger partial charge is 0.251 e. The number of carbonyl (C=O) groups is 1. The number of aromatic nitrogens is 1. The van der Waals surface area contributed by atoms with E-state index in [1.54, 1.807) is 30.1 Å². The van der Waals surface area contributed by atoms with E-state index in [1.807, 2.05) is 42.5 Å². The number of carbonyl (C=O) groups excluding carboxylic acids is 1. The summed E-state index contributed by atoms with van der Waals surface area (Å²) in [7, 11) is 1.62. The minimum atomic E-state index is -0.0815. The van der Waals surface area contributed by atoms with Crippen molar-refractivity contribution >= 4 is 44.9 Å². The van der Waals surface area contributed by atoms with Gasteiger partial charge in [0.1, 0.15) is 0 Å². The quantitative estimate of drug-likeness (QED) is 0.727. The fourth-order valence-electron chi connectivity index (χ4n) is 1.88. The summed E-state index contributed by atoms with van der Waals surface area (Å²) < 4.78 is 2.04. The second-order valence-electron chi connectivity index (χ2n) is 4.41. The van der Waals surface area contributed by atoms with Crippen molar-refractivity contribution in [2.24, 2.45) is 0 Å². The summed E-state index contributed by atoms with van der Waals surface area (Å²) in [5.41, 5.74) is 8.13. The number of benzene rings is 2. The Morgan fingerprint density at radius 1 is 1.24 bits per heavy atom. The number of nitrogens with two attached hydrogens (primary N) is 1. The Morgan fingerprint density at radius 3 is 2.71 bits per heavy atom. The van der Waals surface area contributed by atoms with Crippen LogP contribution in [0.4, 0.5) is 5.69 Å². The van der Waals surface area contributed by atoms with Gasteiger partial charge in [0.25, 0.3) is 5.91 Å². The number of hydrogen-bond acceptors (Lipinski definition) is 5. The highest BCUT2D eigenvalue weighted by Gasteiger charge is 2.07. The highest BCUT2D eigenvalue weighted by atomic mass is 32.2. The van der Waals surface area contributed by atoms with Gasteiger partial charge in [0.15, 0.2) is 4.34 Å². The van der Waals surface area contributed by atoms with E-state index in [-0.39, 0.29) is 5.91 Å². The molecule has 0 saturated carbocycles. The summed E-state index contributed by atoms with van der Waals surface area (Å²) >= 11 is 3.20. The molecule has 0 saturated heterocycles. The van der Waals surface area contributed by atoms with Gasteiger partial charge < -0.3 is 11.1 Å². The highest BCUT2D eigenvalue weighted by Crippen LogP contribution is 2.35. The van der Waals surface area contributed by atoms with Gasteiger partial charge in [-0.25, -0.2) is 4.98 Å². The minimum Gasteiger partial charge on any atom is -0.399 e. The molecule has 6 heteroatoms. The maximum atomic E-state index is 11.5. The molecule has 0 aliphatic carbocycles. The molecule has 0 bridgehead atoms. The van der Waals surface area contributed by atoms with Gasteiger partial charge in [0.05, 0.1) is 10.2 Å². The van der Waals surface area contributed by atoms with Gasteiger partial charge in [0.2, 0.25) is 0 Å². The highest BCUT2D eigenvalue weighted by molar-refractivity contribution is 8.01. The lowest BCUT2D eigenvalue weighted by molar-refractivity contribution is 0.0963. The Labute approximate surface area is 130 Å². The first kappa shape index (κ1) is 13.9. The van der Waals surface area contributed by atoms with Crippen molar-refractivity contribution in [2.45, 2.75) is 9.24 Å². The Balaban J connectivity index is 1.83. The van der Waals surface area contributed by atoms with Crippen LogP contribution in [-0.4, -0.2) is 17.9 Å². The van der Waals surface area contributed by atoms with Crippen LogP contribution in [0.3, 0.4) is 0 Å². The third-order valence-electron chi connectivity index (χ3n) is 2.94. The predicted octanol–water partition coefficient (Wildman–Crippen LogP) is 3.39. The van der Waals surface area contributed by atoms with Gasteiger partial charge in [-0.2, -0.15) is 0 Å². The Morgan fingerprint density at radius 2 is 2.00 bits per heavy atom. The van der Waals surface area contributed by atoms with Gasteiger partial charge in [-0.3, -0.25) is 4.79 Å². The molecule has 21 heavy (non-hydrogen) atoms. The summed E-state index contributed by atoms with van der Waals surface area (Å²) in [6.07, 6.45) is 0. The molecule has 1 heterocycles. The number of hydrogen-bond donors (Lipinski definition) is 2. The molecule has 0 aliphatic rings. The van der Waals surface area contributed by atoms with Crippen LogP contribution in [0.25, 0.3) is 10.2 Å². The number of nitrogen functional groups attached to an aromatic ring is 1. The van der Waals surface area contributed by atoms with E-state index in [1.165, 1.54) is 0 Å². The molecule has 0 unspecified atom stereocenters. The second kappa shape index (κ2) is 5.75. The molecular formula is C15H13N3OS2. The van der Waals surface area contributed by atoms with Gasteiger partial charge in [0, 0.05) is 23.2 Å². The summed E-state index contributed by atoms with van der Waals surface area (Å²) in [4.78, 5) is 17.1. The van der Waals surface area contributed by atoms with E-state index < -0.39 is 0 Å². The maximum absolute atomic E-state index is 11.5. The van der Waals surface area contributed by atoms with Crippen molar-refractivity contribution in [2.75, 3.05) is 12.8 Å². The first-order chi connectivity index (χ1) is 10.2. The Hall–Kier alpha value is -2.05. The zero-order chi connectivity index (χ0) is 14.8. The van der Waals surface area contributed by atoms with Crippen molar-refractivity contribution in [1.29, 1.82) is 0 Å². The topological polar surface area (TPSA) is 68.0 Å². The molecule has 3 aromatic rings. The molecule has 0 spiro atoms. The van der Waals surface area contributed by atoms with Crippen LogP contribution in [0.15, 0.2) is 51.7 Å². The van der Waals surface area contributed by atoms with Gasteiger partial charge >= 0.3 is 0 Å². The molecule has 106 valence electrons. The third kappa shape index (κ3) is 3.01. The number of fused-ring (bicyclic) bond motifs is 1. The van der Waals surface area contributed by atoms with Crippen molar-refractivity contribution in [3.63, 3.8) is 0 Å². The normalized spacial score (nSPS) is 10.7. The van der Waals surface area contributed by atoms with Crippen LogP contribution < -0.4 is 11.1 Å². The van der Waals surface area contributed by atoms with E-state index >= 15 is 0 Å². The standard InChI is InChI=1S/C15H13N3OS2/c1-17-14(19)9-2-5-11(6-3-9)20-15-18-12-7-4-10(16)8-13(12)21-15/h2-8H,16H2,1H3,(H,17,19). The number of nitrogens with one attached hydrogen (secondary N) is 1. The van der Waals surface area contributed by atoms with Gasteiger partial charge in [-0.1, -0.05) is 11.8 Å². The van der Waals surface area contributed by atoms with Crippen molar-refractivity contribution in [3.05, 3.63) is 48.0 Å². The average Bonchev–Trinajstić information content (AvgIpc) is 2.88. The Kier molecular flexibility index (Phi) is 3.81. The van der Waals surface area contributed by atoms with E-state index in [0.717, 1.165) is 25.1 Å². The maximum Gasteiger partial charge on any atom is 0.251 e. The van der Waals surface area contributed by atoms with Gasteiger partial charge in [-0.15, -0.1) is 11.3 Å². The molecule has 1 amide bonds. The van der Waals surface area contributed by atoms with Crippen LogP contribution in [0.2, 0.25) is 0 Å². The molecule has 2 aromatic carbocycles. The van der Waals surface area contributed by atoms with Crippen LogP contribution in [0.1, 0.15) is 10.4 Å². The summed E-state index contributed by atoms with van der Waals surface area (Å²) in [5.74, 6) is -0.0815. The van der Waals surface area contributed by atoms with E-state index in [0.29, 0.717) is 5.56 Å². The Bertz CT molecular complexity index is 796. The van der Waals surface area contributed by atoms with Crippen molar-refractivity contribution in [3.8, 4) is 0 Å². The number of nitrogens with zero attached hydrogens (tertiary/aromatic N) is 1. The van der Waals surface area contributed by atoms with Crippen LogP contribution in [0, 0.1) is 0 Å². The SMILES string of the molecule is CNC(=O)c1ccc(Sc2nc3ccc(N)cc3s2)cc1. The summed E-state index contributed by atoms with van der Waals surface area (Å²) in [5, 5.41) is 2.61. The summed E-state index contributed by atoms with van der Waals surface area (Å²) in [6.45, 7) is 0. The number of anilines is 1. The lowest BCUT2D eigenvalue weighted by Crippen LogP contribution is -2.17. The lowest BCUT2D eigenvalue weighted by Gasteiger charge is -2.01. The number of thiazole rings is 1. The molecule has 1 aromatic heterocycles. The molecule has 0 atom stereocenters. The predicted molar refractivity (Wildman–Crippen MR) is 88.0 cm³/mol. The third-order valence-corrected chi connectivity index (χ3v) is 5.03. The first-order valence-electron chi connectivity index (χ1n) is 6.32. The zero-order valence-electron chi connectivity index (χ0n) is 11.3. The zero-order valence-corrected chi connectivity index (χ0v) is 12.9. The second-order valence-corrected chi connectivity index (χ2v) is 6.76. The minimum absolute atomic E-state index is 0.0815. The largest absolute Gasteiger partial charge is 0.399 e. The molecule has 3 rings (SSSR count). The molecule has 0 radical (unpaired) electrons.